The number of sulfone groups is 2. The predicted octanol–water partition coefficient (Wildman–Crippen LogP) is 4.88. The van der Waals surface area contributed by atoms with Gasteiger partial charge in [-0.1, -0.05) is 59.7 Å². The average Bonchev–Trinajstić information content (AvgIpc) is 2.83. The van der Waals surface area contributed by atoms with Gasteiger partial charge in [0.25, 0.3) is 10.1 Å². The molecular formula is C26H22O7S3. The van der Waals surface area contributed by atoms with Crippen molar-refractivity contribution in [2.75, 3.05) is 0 Å². The van der Waals surface area contributed by atoms with Crippen molar-refractivity contribution in [1.82, 2.24) is 0 Å². The number of hydrogen-bond donors (Lipinski definition) is 1. The molecule has 0 aliphatic heterocycles. The van der Waals surface area contributed by atoms with Gasteiger partial charge in [-0.3, -0.25) is 4.55 Å². The van der Waals surface area contributed by atoms with Crippen LogP contribution in [0.3, 0.4) is 0 Å². The van der Waals surface area contributed by atoms with Crippen molar-refractivity contribution < 1.29 is 29.8 Å². The zero-order valence-electron chi connectivity index (χ0n) is 19.3. The molecule has 0 bridgehead atoms. The van der Waals surface area contributed by atoms with Crippen molar-refractivity contribution in [3.05, 3.63) is 102 Å². The summed E-state index contributed by atoms with van der Waals surface area (Å²) in [5.74, 6) is 0. The van der Waals surface area contributed by atoms with E-state index < -0.39 is 39.6 Å². The van der Waals surface area contributed by atoms with Crippen LogP contribution in [0.25, 0.3) is 11.1 Å². The summed E-state index contributed by atoms with van der Waals surface area (Å²) < 4.78 is 88.0. The molecule has 0 spiro atoms. The molecule has 186 valence electrons. The van der Waals surface area contributed by atoms with Crippen LogP contribution >= 0.6 is 0 Å². The fourth-order valence-corrected chi connectivity index (χ4v) is 7.29. The largest absolute Gasteiger partial charge is 0.295 e. The van der Waals surface area contributed by atoms with E-state index in [0.717, 1.165) is 23.3 Å². The highest BCUT2D eigenvalue weighted by molar-refractivity contribution is 7.92. The average molecular weight is 543 g/mol. The Bertz CT molecular complexity index is 1770. The van der Waals surface area contributed by atoms with Gasteiger partial charge in [-0.15, -0.1) is 0 Å². The third-order valence-corrected chi connectivity index (χ3v) is 10.2. The SMILES string of the molecule is Cc1ccc(S(=O)(=O)c2ccc(-c3ccccc3S(=O)(=O)O)c(S(=O)(=O)c3ccc(C)cc3)c2)cc1. The third-order valence-electron chi connectivity index (χ3n) is 5.67. The Kier molecular flexibility index (Phi) is 6.65. The highest BCUT2D eigenvalue weighted by Crippen LogP contribution is 2.37. The number of benzene rings is 4. The molecule has 0 amide bonds. The molecule has 0 aliphatic carbocycles. The molecule has 0 atom stereocenters. The first-order valence-electron chi connectivity index (χ1n) is 10.7. The highest BCUT2D eigenvalue weighted by atomic mass is 32.2. The van der Waals surface area contributed by atoms with E-state index in [0.29, 0.717) is 0 Å². The van der Waals surface area contributed by atoms with Crippen LogP contribution in [0.4, 0.5) is 0 Å². The van der Waals surface area contributed by atoms with Crippen LogP contribution in [0.2, 0.25) is 0 Å². The van der Waals surface area contributed by atoms with E-state index in [9.17, 15) is 29.8 Å². The molecule has 36 heavy (non-hydrogen) atoms. The number of rotatable bonds is 6. The molecule has 1 N–H and O–H groups in total. The van der Waals surface area contributed by atoms with Crippen molar-refractivity contribution >= 4 is 29.8 Å². The second kappa shape index (κ2) is 9.29. The van der Waals surface area contributed by atoms with Gasteiger partial charge in [0.15, 0.2) is 0 Å². The van der Waals surface area contributed by atoms with E-state index in [1.54, 1.807) is 31.2 Å². The Hall–Kier alpha value is -3.31. The second-order valence-electron chi connectivity index (χ2n) is 8.26. The maximum Gasteiger partial charge on any atom is 0.295 e. The second-order valence-corrected chi connectivity index (χ2v) is 13.5. The van der Waals surface area contributed by atoms with E-state index in [1.165, 1.54) is 54.6 Å². The van der Waals surface area contributed by atoms with Crippen LogP contribution in [0.5, 0.6) is 0 Å². The number of aryl methyl sites for hydroxylation is 2. The number of hydrogen-bond acceptors (Lipinski definition) is 6. The zero-order chi connectivity index (χ0) is 26.3. The molecule has 10 heteroatoms. The topological polar surface area (TPSA) is 123 Å². The van der Waals surface area contributed by atoms with E-state index in [1.807, 2.05) is 6.92 Å². The molecule has 0 fully saturated rings. The Morgan fingerprint density at radius 1 is 0.500 bits per heavy atom. The van der Waals surface area contributed by atoms with Gasteiger partial charge in [0.1, 0.15) is 4.90 Å². The Morgan fingerprint density at radius 2 is 0.944 bits per heavy atom. The first-order valence-corrected chi connectivity index (χ1v) is 15.1. The summed E-state index contributed by atoms with van der Waals surface area (Å²) in [6.07, 6.45) is 0. The molecule has 0 radical (unpaired) electrons. The van der Waals surface area contributed by atoms with E-state index >= 15 is 0 Å². The van der Waals surface area contributed by atoms with Crippen molar-refractivity contribution in [2.24, 2.45) is 0 Å². The Morgan fingerprint density at radius 3 is 1.47 bits per heavy atom. The van der Waals surface area contributed by atoms with Gasteiger partial charge in [0.2, 0.25) is 19.7 Å². The zero-order valence-corrected chi connectivity index (χ0v) is 21.7. The summed E-state index contributed by atoms with van der Waals surface area (Å²) in [6, 6.07) is 21.0. The fraction of sp³-hybridized carbons (Fsp3) is 0.0769. The minimum Gasteiger partial charge on any atom is -0.282 e. The van der Waals surface area contributed by atoms with Crippen LogP contribution in [-0.2, 0) is 29.8 Å². The highest BCUT2D eigenvalue weighted by Gasteiger charge is 2.28. The first-order chi connectivity index (χ1) is 16.8. The predicted molar refractivity (Wildman–Crippen MR) is 135 cm³/mol. The monoisotopic (exact) mass is 542 g/mol. The van der Waals surface area contributed by atoms with Crippen molar-refractivity contribution in [2.45, 2.75) is 38.3 Å². The maximum absolute atomic E-state index is 13.8. The molecular weight excluding hydrogens is 520 g/mol. The van der Waals surface area contributed by atoms with Crippen molar-refractivity contribution in [3.8, 4) is 11.1 Å². The minimum absolute atomic E-state index is 0.0159. The van der Waals surface area contributed by atoms with Gasteiger partial charge in [0.05, 0.1) is 19.6 Å². The maximum atomic E-state index is 13.8. The van der Waals surface area contributed by atoms with E-state index in [4.69, 9.17) is 0 Å². The fourth-order valence-electron chi connectivity index (χ4n) is 3.73. The molecule has 4 rings (SSSR count). The van der Waals surface area contributed by atoms with Crippen LogP contribution < -0.4 is 0 Å². The molecule has 0 aliphatic rings. The molecule has 4 aromatic carbocycles. The van der Waals surface area contributed by atoms with Gasteiger partial charge in [-0.2, -0.15) is 8.42 Å². The van der Waals surface area contributed by atoms with Crippen LogP contribution in [0.1, 0.15) is 11.1 Å². The molecule has 0 saturated heterocycles. The summed E-state index contributed by atoms with van der Waals surface area (Å²) in [7, 11) is -13.1. The van der Waals surface area contributed by atoms with Gasteiger partial charge in [-0.05, 0) is 56.3 Å². The van der Waals surface area contributed by atoms with Gasteiger partial charge in [0, 0.05) is 11.1 Å². The molecule has 0 unspecified atom stereocenters. The van der Waals surface area contributed by atoms with E-state index in [-0.39, 0.29) is 25.8 Å². The van der Waals surface area contributed by atoms with Crippen LogP contribution in [-0.4, -0.2) is 29.8 Å². The summed E-state index contributed by atoms with van der Waals surface area (Å²) >= 11 is 0. The van der Waals surface area contributed by atoms with Crippen molar-refractivity contribution in [3.63, 3.8) is 0 Å². The Balaban J connectivity index is 2.04. The normalized spacial score (nSPS) is 12.4. The summed E-state index contributed by atoms with van der Waals surface area (Å²) in [4.78, 5) is -1.29. The Labute approximate surface area is 210 Å². The molecule has 7 nitrogen and oxygen atoms in total. The van der Waals surface area contributed by atoms with Gasteiger partial charge < -0.3 is 0 Å². The molecule has 4 aromatic rings. The van der Waals surface area contributed by atoms with Gasteiger partial charge in [-0.25, -0.2) is 16.8 Å². The van der Waals surface area contributed by atoms with Crippen molar-refractivity contribution in [1.29, 1.82) is 0 Å². The lowest BCUT2D eigenvalue weighted by atomic mass is 10.1. The third kappa shape index (κ3) is 4.85. The van der Waals surface area contributed by atoms with Gasteiger partial charge >= 0.3 is 0 Å². The lowest BCUT2D eigenvalue weighted by molar-refractivity contribution is 0.483. The lowest BCUT2D eigenvalue weighted by Crippen LogP contribution is -2.09. The first kappa shape index (κ1) is 25.8. The molecule has 0 heterocycles. The van der Waals surface area contributed by atoms with Crippen LogP contribution in [0.15, 0.2) is 115 Å². The quantitative estimate of drug-likeness (QED) is 0.344. The minimum atomic E-state index is -4.71. The smallest absolute Gasteiger partial charge is 0.282 e. The summed E-state index contributed by atoms with van der Waals surface area (Å²) in [6.45, 7) is 3.60. The van der Waals surface area contributed by atoms with E-state index in [2.05, 4.69) is 0 Å². The molecule has 0 aromatic heterocycles. The molecule has 0 saturated carbocycles. The summed E-state index contributed by atoms with van der Waals surface area (Å²) in [5.41, 5.74) is 1.53. The standard InChI is InChI=1S/C26H22O7S3/c1-18-7-11-20(12-8-18)34(27,28)22-15-16-24(23-5-3-4-6-25(23)36(31,32)33)26(17-22)35(29,30)21-13-9-19(2)10-14-21/h3-17H,1-2H3,(H,31,32,33). The lowest BCUT2D eigenvalue weighted by Gasteiger charge is -2.15. The summed E-state index contributed by atoms with van der Waals surface area (Å²) in [5, 5.41) is 0. The van der Waals surface area contributed by atoms with Crippen LogP contribution in [0, 0.1) is 13.8 Å².